The first-order valence-electron chi connectivity index (χ1n) is 10.4. The van der Waals surface area contributed by atoms with Crippen LogP contribution in [0.2, 0.25) is 0 Å². The summed E-state index contributed by atoms with van der Waals surface area (Å²) in [6.07, 6.45) is 2.75. The molecule has 1 aliphatic heterocycles. The van der Waals surface area contributed by atoms with Gasteiger partial charge in [0, 0.05) is 24.2 Å². The van der Waals surface area contributed by atoms with Crippen molar-refractivity contribution in [2.24, 2.45) is 17.3 Å². The number of pyridine rings is 1. The second-order valence-electron chi connectivity index (χ2n) is 9.32. The molecular weight excluding hydrogens is 380 g/mol. The van der Waals surface area contributed by atoms with Crippen LogP contribution in [0.1, 0.15) is 34.1 Å². The van der Waals surface area contributed by atoms with E-state index in [0.717, 1.165) is 46.6 Å². The quantitative estimate of drug-likeness (QED) is 0.676. The largest absolute Gasteiger partial charge is 0.454 e. The molecule has 1 amide bonds. The Hall–Kier alpha value is -3.09. The minimum atomic E-state index is 0.0320. The lowest BCUT2D eigenvalue weighted by Crippen LogP contribution is -2.17. The van der Waals surface area contributed by atoms with Gasteiger partial charge in [-0.3, -0.25) is 4.79 Å². The minimum Gasteiger partial charge on any atom is -0.454 e. The number of benzene rings is 1. The Morgan fingerprint density at radius 1 is 1.23 bits per heavy atom. The Morgan fingerprint density at radius 3 is 2.73 bits per heavy atom. The molecule has 1 saturated carbocycles. The molecule has 3 heterocycles. The first kappa shape index (κ1) is 18.9. The van der Waals surface area contributed by atoms with Crippen LogP contribution in [0.15, 0.2) is 30.5 Å². The van der Waals surface area contributed by atoms with Gasteiger partial charge in [0.2, 0.25) is 12.7 Å². The fourth-order valence-electron chi connectivity index (χ4n) is 3.98. The van der Waals surface area contributed by atoms with Crippen molar-refractivity contribution in [2.75, 3.05) is 12.1 Å². The van der Waals surface area contributed by atoms with Crippen molar-refractivity contribution < 1.29 is 14.3 Å². The number of hydrogen-bond donors (Lipinski definition) is 1. The maximum atomic E-state index is 12.7. The van der Waals surface area contributed by atoms with Crippen LogP contribution < -0.4 is 14.8 Å². The molecule has 0 saturated heterocycles. The predicted molar refractivity (Wildman–Crippen MR) is 114 cm³/mol. The Bertz CT molecular complexity index is 1150. The van der Waals surface area contributed by atoms with E-state index < -0.39 is 0 Å². The zero-order valence-electron chi connectivity index (χ0n) is 17.7. The van der Waals surface area contributed by atoms with E-state index in [1.165, 1.54) is 0 Å². The molecule has 7 nitrogen and oxygen atoms in total. The van der Waals surface area contributed by atoms with Gasteiger partial charge < -0.3 is 14.8 Å². The summed E-state index contributed by atoms with van der Waals surface area (Å²) in [4.78, 5) is 17.4. The summed E-state index contributed by atoms with van der Waals surface area (Å²) in [5.41, 5.74) is 2.76. The van der Waals surface area contributed by atoms with Crippen molar-refractivity contribution in [2.45, 2.75) is 40.7 Å². The third-order valence-electron chi connectivity index (χ3n) is 5.90. The van der Waals surface area contributed by atoms with Crippen molar-refractivity contribution in [1.29, 1.82) is 0 Å². The van der Waals surface area contributed by atoms with Gasteiger partial charge in [0.15, 0.2) is 23.0 Å². The highest BCUT2D eigenvalue weighted by atomic mass is 16.7. The number of carbonyl (C=O) groups excluding carboxylic acids is 1. The van der Waals surface area contributed by atoms with Gasteiger partial charge >= 0.3 is 0 Å². The number of fused-ring (bicyclic) bond motifs is 2. The highest BCUT2D eigenvalue weighted by Crippen LogP contribution is 2.52. The average Bonchev–Trinajstić information content (AvgIpc) is 3.04. The van der Waals surface area contributed by atoms with Crippen LogP contribution in [-0.4, -0.2) is 27.5 Å². The van der Waals surface area contributed by atoms with Crippen LogP contribution in [0.4, 0.5) is 5.82 Å². The first-order valence-corrected chi connectivity index (χ1v) is 10.4. The molecule has 2 aliphatic rings. The van der Waals surface area contributed by atoms with Gasteiger partial charge in [-0.15, -0.1) is 0 Å². The molecule has 0 bridgehead atoms. The molecule has 1 N–H and O–H groups in total. The third kappa shape index (κ3) is 3.28. The summed E-state index contributed by atoms with van der Waals surface area (Å²) in [5, 5.41) is 8.60. The number of carbonyl (C=O) groups is 1. The van der Waals surface area contributed by atoms with Gasteiger partial charge in [-0.1, -0.05) is 33.8 Å². The number of ether oxygens (including phenoxy) is 2. The lowest BCUT2D eigenvalue weighted by atomic mass is 10.1. The van der Waals surface area contributed by atoms with Gasteiger partial charge in [0.05, 0.1) is 5.39 Å². The molecular formula is C23H26N4O3. The topological polar surface area (TPSA) is 78.3 Å². The summed E-state index contributed by atoms with van der Waals surface area (Å²) in [6.45, 7) is 9.49. The van der Waals surface area contributed by atoms with Gasteiger partial charge in [0.1, 0.15) is 0 Å². The lowest BCUT2D eigenvalue weighted by molar-refractivity contribution is -0.118. The number of hydrogen-bond acceptors (Lipinski definition) is 5. The number of amides is 1. The molecule has 30 heavy (non-hydrogen) atoms. The average molecular weight is 406 g/mol. The summed E-state index contributed by atoms with van der Waals surface area (Å²) in [7, 11) is 0. The van der Waals surface area contributed by atoms with Crippen LogP contribution in [0.5, 0.6) is 11.5 Å². The van der Waals surface area contributed by atoms with Crippen LogP contribution in [0, 0.1) is 17.3 Å². The van der Waals surface area contributed by atoms with Crippen molar-refractivity contribution in [3.8, 4) is 22.6 Å². The predicted octanol–water partition coefficient (Wildman–Crippen LogP) is 4.47. The third-order valence-corrected chi connectivity index (χ3v) is 5.90. The molecule has 0 radical (unpaired) electrons. The van der Waals surface area contributed by atoms with Crippen LogP contribution in [0.25, 0.3) is 22.2 Å². The lowest BCUT2D eigenvalue weighted by Gasteiger charge is -2.06. The number of nitrogens with zero attached hydrogens (tertiary/aromatic N) is 3. The number of aromatic nitrogens is 3. The zero-order valence-corrected chi connectivity index (χ0v) is 17.7. The molecule has 0 spiro atoms. The SMILES string of the molecule is CC(C)Cn1nc(NC(=O)C2CC2(C)C)c2cc(-c3ccc4c(c3)OCO4)cnc21. The Morgan fingerprint density at radius 2 is 2.00 bits per heavy atom. The molecule has 1 aliphatic carbocycles. The molecule has 2 aromatic heterocycles. The number of nitrogens with one attached hydrogen (secondary N) is 1. The van der Waals surface area contributed by atoms with Crippen LogP contribution in [-0.2, 0) is 11.3 Å². The van der Waals surface area contributed by atoms with Crippen LogP contribution in [0.3, 0.4) is 0 Å². The summed E-state index contributed by atoms with van der Waals surface area (Å²) in [5.74, 6) is 2.53. The van der Waals surface area contributed by atoms with Gasteiger partial charge in [-0.05, 0) is 41.5 Å². The monoisotopic (exact) mass is 406 g/mol. The fourth-order valence-corrected chi connectivity index (χ4v) is 3.98. The van der Waals surface area contributed by atoms with Gasteiger partial charge in [0.25, 0.3) is 0 Å². The Labute approximate surface area is 175 Å². The molecule has 1 atom stereocenters. The second kappa shape index (κ2) is 6.72. The zero-order chi connectivity index (χ0) is 21.0. The standard InChI is InChI=1S/C23H26N4O3/c1-13(2)11-27-21-16(20(26-27)25-22(28)17-9-23(17,3)4)7-15(10-24-21)14-5-6-18-19(8-14)30-12-29-18/h5-8,10,13,17H,9,11-12H2,1-4H3,(H,25,26,28). The van der Waals surface area contributed by atoms with E-state index in [4.69, 9.17) is 19.6 Å². The smallest absolute Gasteiger partial charge is 0.231 e. The Kier molecular flexibility index (Phi) is 4.24. The summed E-state index contributed by atoms with van der Waals surface area (Å²) >= 11 is 0. The van der Waals surface area contributed by atoms with E-state index in [-0.39, 0.29) is 24.0 Å². The highest BCUT2D eigenvalue weighted by molar-refractivity contribution is 6.02. The summed E-state index contributed by atoms with van der Waals surface area (Å²) < 4.78 is 12.8. The van der Waals surface area contributed by atoms with Crippen molar-refractivity contribution in [1.82, 2.24) is 14.8 Å². The van der Waals surface area contributed by atoms with Crippen molar-refractivity contribution >= 4 is 22.8 Å². The molecule has 1 aromatic carbocycles. The molecule has 1 unspecified atom stereocenters. The number of anilines is 1. The molecule has 7 heteroatoms. The van der Waals surface area contributed by atoms with E-state index in [0.29, 0.717) is 11.7 Å². The molecule has 156 valence electrons. The maximum absolute atomic E-state index is 12.7. The maximum Gasteiger partial charge on any atom is 0.231 e. The Balaban J connectivity index is 1.54. The molecule has 5 rings (SSSR count). The van der Waals surface area contributed by atoms with E-state index in [1.807, 2.05) is 35.1 Å². The highest BCUT2D eigenvalue weighted by Gasteiger charge is 2.50. The second-order valence-corrected chi connectivity index (χ2v) is 9.32. The minimum absolute atomic E-state index is 0.0320. The van der Waals surface area contributed by atoms with Crippen LogP contribution >= 0.6 is 0 Å². The molecule has 3 aromatic rings. The van der Waals surface area contributed by atoms with Gasteiger partial charge in [-0.2, -0.15) is 5.10 Å². The molecule has 1 fully saturated rings. The fraction of sp³-hybridized carbons (Fsp3) is 0.435. The van der Waals surface area contributed by atoms with E-state index >= 15 is 0 Å². The van der Waals surface area contributed by atoms with Gasteiger partial charge in [-0.25, -0.2) is 9.67 Å². The normalized spacial score (nSPS) is 18.8. The number of rotatable bonds is 5. The summed E-state index contributed by atoms with van der Waals surface area (Å²) in [6, 6.07) is 7.88. The van der Waals surface area contributed by atoms with E-state index in [9.17, 15) is 4.79 Å². The first-order chi connectivity index (χ1) is 14.3. The van der Waals surface area contributed by atoms with E-state index in [2.05, 4.69) is 33.0 Å². The van der Waals surface area contributed by atoms with E-state index in [1.54, 1.807) is 0 Å². The van der Waals surface area contributed by atoms with Crippen molar-refractivity contribution in [3.05, 3.63) is 30.5 Å². The van der Waals surface area contributed by atoms with Crippen molar-refractivity contribution in [3.63, 3.8) is 0 Å².